The van der Waals surface area contributed by atoms with Gasteiger partial charge in [-0.25, -0.2) is 4.79 Å². The van der Waals surface area contributed by atoms with Crippen LogP contribution >= 0.6 is 11.6 Å². The van der Waals surface area contributed by atoms with Crippen LogP contribution in [0.5, 0.6) is 0 Å². The van der Waals surface area contributed by atoms with E-state index in [-0.39, 0.29) is 6.09 Å². The van der Waals surface area contributed by atoms with Gasteiger partial charge in [-0.3, -0.25) is 4.90 Å². The van der Waals surface area contributed by atoms with E-state index in [1.807, 2.05) is 6.92 Å². The van der Waals surface area contributed by atoms with E-state index in [2.05, 4.69) is 0 Å². The Morgan fingerprint density at radius 3 is 2.87 bits per heavy atom. The molecule has 0 unspecified atom stereocenters. The number of halogens is 1. The largest absolute Gasteiger partial charge is 0.447 e. The molecule has 80 valence electrons. The van der Waals surface area contributed by atoms with Crippen LogP contribution in [0.3, 0.4) is 0 Å². The molecule has 1 aromatic carbocycles. The van der Waals surface area contributed by atoms with Gasteiger partial charge in [-0.1, -0.05) is 11.6 Å². The number of hydrogen-bond acceptors (Lipinski definition) is 3. The van der Waals surface area contributed by atoms with E-state index < -0.39 is 0 Å². The first kappa shape index (κ1) is 10.1. The normalized spacial score (nSPS) is 15.6. The number of benzene rings is 1. The summed E-state index contributed by atoms with van der Waals surface area (Å²) in [5.41, 5.74) is 7.85. The molecule has 1 aromatic rings. The maximum absolute atomic E-state index is 11.4. The Hall–Kier alpha value is -1.42. The van der Waals surface area contributed by atoms with E-state index in [4.69, 9.17) is 22.1 Å². The van der Waals surface area contributed by atoms with Gasteiger partial charge >= 0.3 is 6.09 Å². The quantitative estimate of drug-likeness (QED) is 0.747. The molecule has 0 spiro atoms. The number of ether oxygens (including phenoxy) is 1. The van der Waals surface area contributed by atoms with Crippen molar-refractivity contribution in [3.63, 3.8) is 0 Å². The Morgan fingerprint density at radius 2 is 2.27 bits per heavy atom. The Morgan fingerprint density at radius 1 is 1.53 bits per heavy atom. The molecule has 1 amide bonds. The fraction of sp³-hybridized carbons (Fsp3) is 0.300. The van der Waals surface area contributed by atoms with Crippen LogP contribution in [-0.2, 0) is 4.74 Å². The Balaban J connectivity index is 2.43. The Kier molecular flexibility index (Phi) is 2.44. The van der Waals surface area contributed by atoms with Crippen LogP contribution in [0.1, 0.15) is 5.56 Å². The van der Waals surface area contributed by atoms with E-state index in [1.165, 1.54) is 0 Å². The van der Waals surface area contributed by atoms with E-state index in [1.54, 1.807) is 17.0 Å². The van der Waals surface area contributed by atoms with Gasteiger partial charge in [0.05, 0.1) is 22.9 Å². The molecule has 0 aliphatic carbocycles. The predicted octanol–water partition coefficient (Wildman–Crippen LogP) is 2.19. The van der Waals surface area contributed by atoms with Crippen molar-refractivity contribution >= 4 is 29.1 Å². The molecule has 1 fully saturated rings. The molecular weight excluding hydrogens is 216 g/mol. The van der Waals surface area contributed by atoms with Crippen molar-refractivity contribution < 1.29 is 9.53 Å². The maximum atomic E-state index is 11.4. The number of nitrogens with two attached hydrogens (primary N) is 1. The van der Waals surface area contributed by atoms with Crippen LogP contribution in [0.25, 0.3) is 0 Å². The number of rotatable bonds is 1. The molecule has 15 heavy (non-hydrogen) atoms. The third-order valence-electron chi connectivity index (χ3n) is 2.37. The zero-order valence-corrected chi connectivity index (χ0v) is 9.04. The number of amides is 1. The molecule has 1 saturated heterocycles. The zero-order valence-electron chi connectivity index (χ0n) is 8.29. The molecule has 1 heterocycles. The summed E-state index contributed by atoms with van der Waals surface area (Å²) in [4.78, 5) is 12.9. The summed E-state index contributed by atoms with van der Waals surface area (Å²) >= 11 is 5.91. The molecule has 0 aromatic heterocycles. The van der Waals surface area contributed by atoms with Crippen molar-refractivity contribution in [2.24, 2.45) is 0 Å². The first-order valence-corrected chi connectivity index (χ1v) is 4.97. The van der Waals surface area contributed by atoms with Crippen LogP contribution in [-0.4, -0.2) is 19.2 Å². The number of cyclic esters (lactones) is 1. The standard InChI is InChI=1S/C10H11ClN2O2/c1-6-4-8(12)7(11)5-9(6)13-2-3-15-10(13)14/h4-5H,2-3,12H2,1H3. The van der Waals surface area contributed by atoms with Gasteiger partial charge in [-0.05, 0) is 24.6 Å². The molecule has 1 aliphatic heterocycles. The molecule has 1 aliphatic rings. The van der Waals surface area contributed by atoms with Crippen LogP contribution in [0.15, 0.2) is 12.1 Å². The highest BCUT2D eigenvalue weighted by molar-refractivity contribution is 6.33. The lowest BCUT2D eigenvalue weighted by atomic mass is 10.1. The lowest BCUT2D eigenvalue weighted by Crippen LogP contribution is -2.24. The van der Waals surface area contributed by atoms with Crippen molar-refractivity contribution in [2.45, 2.75) is 6.92 Å². The molecule has 0 saturated carbocycles. The SMILES string of the molecule is Cc1cc(N)c(Cl)cc1N1CCOC1=O. The van der Waals surface area contributed by atoms with E-state index in [9.17, 15) is 4.79 Å². The number of aryl methyl sites for hydroxylation is 1. The summed E-state index contributed by atoms with van der Waals surface area (Å²) in [7, 11) is 0. The first-order valence-electron chi connectivity index (χ1n) is 4.59. The number of anilines is 2. The zero-order chi connectivity index (χ0) is 11.0. The average molecular weight is 227 g/mol. The van der Waals surface area contributed by atoms with Gasteiger partial charge in [0.1, 0.15) is 6.61 Å². The van der Waals surface area contributed by atoms with E-state index in [0.29, 0.717) is 23.9 Å². The summed E-state index contributed by atoms with van der Waals surface area (Å²) in [6, 6.07) is 3.45. The molecule has 5 heteroatoms. The van der Waals surface area contributed by atoms with Crippen LogP contribution < -0.4 is 10.6 Å². The van der Waals surface area contributed by atoms with Crippen LogP contribution in [0.2, 0.25) is 5.02 Å². The van der Waals surface area contributed by atoms with E-state index >= 15 is 0 Å². The summed E-state index contributed by atoms with van der Waals surface area (Å²) in [5, 5.41) is 0.454. The third-order valence-corrected chi connectivity index (χ3v) is 2.69. The van der Waals surface area contributed by atoms with Gasteiger partial charge in [0.25, 0.3) is 0 Å². The van der Waals surface area contributed by atoms with Gasteiger partial charge in [-0.2, -0.15) is 0 Å². The highest BCUT2D eigenvalue weighted by Gasteiger charge is 2.25. The smallest absolute Gasteiger partial charge is 0.414 e. The average Bonchev–Trinajstić information content (AvgIpc) is 2.58. The Labute approximate surface area is 92.6 Å². The molecule has 0 radical (unpaired) electrons. The summed E-state index contributed by atoms with van der Waals surface area (Å²) in [6.07, 6.45) is -0.334. The number of carbonyl (C=O) groups excluding carboxylic acids is 1. The number of nitrogens with zero attached hydrogens (tertiary/aromatic N) is 1. The fourth-order valence-corrected chi connectivity index (χ4v) is 1.75. The van der Waals surface area contributed by atoms with Crippen molar-refractivity contribution in [2.75, 3.05) is 23.8 Å². The van der Waals surface area contributed by atoms with Gasteiger partial charge < -0.3 is 10.5 Å². The summed E-state index contributed by atoms with van der Waals surface area (Å²) < 4.78 is 4.86. The second-order valence-electron chi connectivity index (χ2n) is 3.43. The monoisotopic (exact) mass is 226 g/mol. The van der Waals surface area contributed by atoms with Crippen molar-refractivity contribution in [1.29, 1.82) is 0 Å². The minimum atomic E-state index is -0.334. The summed E-state index contributed by atoms with van der Waals surface area (Å²) in [5.74, 6) is 0. The van der Waals surface area contributed by atoms with Gasteiger partial charge in [0, 0.05) is 0 Å². The molecule has 4 nitrogen and oxygen atoms in total. The molecular formula is C10H11ClN2O2. The molecule has 0 bridgehead atoms. The lowest BCUT2D eigenvalue weighted by molar-refractivity contribution is 0.181. The lowest BCUT2D eigenvalue weighted by Gasteiger charge is -2.16. The van der Waals surface area contributed by atoms with Gasteiger partial charge in [0.15, 0.2) is 0 Å². The fourth-order valence-electron chi connectivity index (χ4n) is 1.60. The minimum absolute atomic E-state index is 0.334. The third kappa shape index (κ3) is 1.72. The second kappa shape index (κ2) is 3.62. The van der Waals surface area contributed by atoms with Crippen molar-refractivity contribution in [3.05, 3.63) is 22.7 Å². The molecule has 0 atom stereocenters. The van der Waals surface area contributed by atoms with Crippen molar-refractivity contribution in [3.8, 4) is 0 Å². The highest BCUT2D eigenvalue weighted by atomic mass is 35.5. The van der Waals surface area contributed by atoms with Crippen LogP contribution in [0.4, 0.5) is 16.2 Å². The summed E-state index contributed by atoms with van der Waals surface area (Å²) in [6.45, 7) is 2.85. The first-order chi connectivity index (χ1) is 7.09. The van der Waals surface area contributed by atoms with E-state index in [0.717, 1.165) is 11.3 Å². The second-order valence-corrected chi connectivity index (χ2v) is 3.83. The van der Waals surface area contributed by atoms with Crippen LogP contribution in [0, 0.1) is 6.92 Å². The Bertz CT molecular complexity index is 420. The maximum Gasteiger partial charge on any atom is 0.414 e. The predicted molar refractivity (Wildman–Crippen MR) is 59.3 cm³/mol. The number of nitrogen functional groups attached to an aromatic ring is 1. The topological polar surface area (TPSA) is 55.6 Å². The number of carbonyl (C=O) groups is 1. The molecule has 2 rings (SSSR count). The highest BCUT2D eigenvalue weighted by Crippen LogP contribution is 2.30. The van der Waals surface area contributed by atoms with Gasteiger partial charge in [0.2, 0.25) is 0 Å². The van der Waals surface area contributed by atoms with Gasteiger partial charge in [-0.15, -0.1) is 0 Å². The van der Waals surface area contributed by atoms with Crippen molar-refractivity contribution in [1.82, 2.24) is 0 Å². The number of hydrogen-bond donors (Lipinski definition) is 1. The minimum Gasteiger partial charge on any atom is -0.447 e. The molecule has 2 N–H and O–H groups in total.